The monoisotopic (exact) mass is 947 g/mol. The number of anilines is 4. The van der Waals surface area contributed by atoms with Crippen molar-refractivity contribution in [3.05, 3.63) is 72.6 Å². The van der Waals surface area contributed by atoms with Crippen LogP contribution in [0.3, 0.4) is 0 Å². The molecule has 4 aliphatic rings. The zero-order valence-corrected chi connectivity index (χ0v) is 40.9. The van der Waals surface area contributed by atoms with Crippen LogP contribution < -0.4 is 20.4 Å². The summed E-state index contributed by atoms with van der Waals surface area (Å²) < 4.78 is 14.5. The van der Waals surface area contributed by atoms with Crippen molar-refractivity contribution in [3.63, 3.8) is 0 Å². The first-order chi connectivity index (χ1) is 33.2. The summed E-state index contributed by atoms with van der Waals surface area (Å²) >= 11 is 0. The zero-order valence-electron chi connectivity index (χ0n) is 40.9. The van der Waals surface area contributed by atoms with Gasteiger partial charge in [-0.05, 0) is 133 Å². The van der Waals surface area contributed by atoms with Crippen LogP contribution in [-0.4, -0.2) is 149 Å². The fourth-order valence-corrected chi connectivity index (χ4v) is 10.6. The van der Waals surface area contributed by atoms with Crippen molar-refractivity contribution in [3.8, 4) is 22.3 Å². The van der Waals surface area contributed by atoms with Crippen molar-refractivity contribution in [1.29, 1.82) is 0 Å². The quantitative estimate of drug-likeness (QED) is 0.0734. The third-order valence-corrected chi connectivity index (χ3v) is 14.2. The molecule has 0 spiro atoms. The molecule has 0 amide bonds. The van der Waals surface area contributed by atoms with Gasteiger partial charge in [-0.2, -0.15) is 0 Å². The van der Waals surface area contributed by atoms with E-state index in [9.17, 15) is 20.4 Å². The molecule has 8 heterocycles. The summed E-state index contributed by atoms with van der Waals surface area (Å²) in [5.74, 6) is 3.52. The SMILES string of the molecule is COC[C@H](C)Nc1ncc2c(-c3ccnc(N4CC(C)(O)C4)c3)cc(C3CCC(O)CC3)n2n1.COC[C@H](C)Nc1ncc2c(-c3ccnc(N4CCC(C)(O)C4)c3)cc(C3CCC(O)CC3)n2n1. The molecule has 2 aliphatic heterocycles. The number of aliphatic hydroxyl groups excluding tert-OH is 2. The summed E-state index contributed by atoms with van der Waals surface area (Å²) in [7, 11) is 3.36. The molecule has 6 N–H and O–H groups in total. The van der Waals surface area contributed by atoms with E-state index in [-0.39, 0.29) is 24.3 Å². The molecule has 6 aromatic rings. The van der Waals surface area contributed by atoms with E-state index in [1.54, 1.807) is 14.2 Å². The van der Waals surface area contributed by atoms with E-state index in [4.69, 9.17) is 19.7 Å². The normalized spacial score (nSPS) is 24.4. The number of rotatable bonds is 14. The summed E-state index contributed by atoms with van der Waals surface area (Å²) in [5.41, 5.74) is 7.08. The highest BCUT2D eigenvalue weighted by Crippen LogP contribution is 2.41. The molecular formula is C51H70N12O6. The van der Waals surface area contributed by atoms with Gasteiger partial charge in [0.05, 0.1) is 60.1 Å². The summed E-state index contributed by atoms with van der Waals surface area (Å²) in [6.45, 7) is 11.4. The van der Waals surface area contributed by atoms with Gasteiger partial charge in [0, 0.05) is 99.2 Å². The van der Waals surface area contributed by atoms with Gasteiger partial charge in [-0.25, -0.2) is 29.0 Å². The first-order valence-electron chi connectivity index (χ1n) is 24.7. The van der Waals surface area contributed by atoms with Crippen molar-refractivity contribution in [2.24, 2.45) is 0 Å². The van der Waals surface area contributed by atoms with Gasteiger partial charge in [0.1, 0.15) is 11.6 Å². The summed E-state index contributed by atoms with van der Waals surface area (Å²) in [6.07, 6.45) is 14.7. The number of β-amino-alcohol motifs (C(OH)–C–C–N with tert-alkyl or cyclic N) is 2. The number of ether oxygens (including phenoxy) is 2. The van der Waals surface area contributed by atoms with Crippen LogP contribution in [-0.2, 0) is 9.47 Å². The van der Waals surface area contributed by atoms with Crippen molar-refractivity contribution in [1.82, 2.24) is 39.2 Å². The molecule has 6 aromatic heterocycles. The van der Waals surface area contributed by atoms with Gasteiger partial charge in [0.2, 0.25) is 11.9 Å². The minimum Gasteiger partial charge on any atom is -0.393 e. The Balaban J connectivity index is 0.000000172. The molecule has 10 rings (SSSR count). The third-order valence-electron chi connectivity index (χ3n) is 14.2. The number of fused-ring (bicyclic) bond motifs is 2. The third kappa shape index (κ3) is 11.1. The molecule has 0 bridgehead atoms. The van der Waals surface area contributed by atoms with E-state index >= 15 is 0 Å². The van der Waals surface area contributed by atoms with Crippen LogP contribution in [0.2, 0.25) is 0 Å². The Labute approximate surface area is 404 Å². The molecular weight excluding hydrogens is 877 g/mol. The molecule has 18 heteroatoms. The zero-order chi connectivity index (χ0) is 48.5. The minimum atomic E-state index is -0.684. The summed E-state index contributed by atoms with van der Waals surface area (Å²) in [5, 5.41) is 57.0. The van der Waals surface area contributed by atoms with Gasteiger partial charge >= 0.3 is 0 Å². The summed E-state index contributed by atoms with van der Waals surface area (Å²) in [4.78, 5) is 22.5. The maximum atomic E-state index is 10.4. The lowest BCUT2D eigenvalue weighted by atomic mass is 9.85. The highest BCUT2D eigenvalue weighted by molar-refractivity contribution is 5.84. The number of nitrogens with zero attached hydrogens (tertiary/aromatic N) is 10. The van der Waals surface area contributed by atoms with Crippen LogP contribution in [0.15, 0.2) is 61.2 Å². The van der Waals surface area contributed by atoms with E-state index in [0.29, 0.717) is 56.6 Å². The molecule has 2 saturated heterocycles. The highest BCUT2D eigenvalue weighted by Gasteiger charge is 2.38. The van der Waals surface area contributed by atoms with Crippen molar-refractivity contribution >= 4 is 34.6 Å². The predicted octanol–water partition coefficient (Wildman–Crippen LogP) is 6.05. The first-order valence-corrected chi connectivity index (χ1v) is 24.7. The average molecular weight is 947 g/mol. The first kappa shape index (κ1) is 48.5. The van der Waals surface area contributed by atoms with Gasteiger partial charge < -0.3 is 50.3 Å². The molecule has 370 valence electrons. The number of hydrogen-bond acceptors (Lipinski definition) is 16. The van der Waals surface area contributed by atoms with E-state index < -0.39 is 11.2 Å². The van der Waals surface area contributed by atoms with Crippen LogP contribution in [0.4, 0.5) is 23.5 Å². The van der Waals surface area contributed by atoms with E-state index in [1.807, 2.05) is 73.6 Å². The number of aliphatic hydroxyl groups is 4. The van der Waals surface area contributed by atoms with Crippen LogP contribution in [0, 0.1) is 0 Å². The standard InChI is InChI=1S/C26H36N6O3.C25H34N6O3/c1-17(15-35-3)29-25-28-14-23-21(13-22(32(23)30-25)18-4-6-20(33)7-5-18)19-8-10-27-24(12-19)31-11-9-26(2,34)16-31;1-16(13-34-3)28-24-27-12-22-20(11-21(31(22)29-24)17-4-6-19(32)7-5-17)18-8-9-26-23(10-18)30-14-25(2,33)15-30/h8,10,12-14,17-18,20,33-34H,4-7,9,11,15-16H2,1-3H3,(H,29,30);8-12,16-17,19,32-33H,4-7,13-15H2,1-3H3,(H,28,29)/t17-,18?,20?,26?;16-,17?,19?/m00/s1. The van der Waals surface area contributed by atoms with Crippen LogP contribution >= 0.6 is 0 Å². The van der Waals surface area contributed by atoms with Gasteiger partial charge in [0.15, 0.2) is 0 Å². The second-order valence-corrected chi connectivity index (χ2v) is 20.6. The van der Waals surface area contributed by atoms with Crippen LogP contribution in [0.1, 0.15) is 109 Å². The van der Waals surface area contributed by atoms with Crippen molar-refractivity contribution < 1.29 is 29.9 Å². The molecule has 4 fully saturated rings. The van der Waals surface area contributed by atoms with E-state index in [2.05, 4.69) is 64.6 Å². The number of nitrogens with one attached hydrogen (secondary N) is 2. The summed E-state index contributed by atoms with van der Waals surface area (Å²) in [6, 6.07) is 12.8. The van der Waals surface area contributed by atoms with Crippen molar-refractivity contribution in [2.75, 3.05) is 74.0 Å². The van der Waals surface area contributed by atoms with Gasteiger partial charge in [-0.15, -0.1) is 10.2 Å². The maximum Gasteiger partial charge on any atom is 0.241 e. The molecule has 18 nitrogen and oxygen atoms in total. The molecule has 1 unspecified atom stereocenters. The maximum absolute atomic E-state index is 10.4. The second-order valence-electron chi connectivity index (χ2n) is 20.6. The Bertz CT molecular complexity index is 2680. The Morgan fingerprint density at radius 3 is 1.46 bits per heavy atom. The minimum absolute atomic E-state index is 0.0844. The Kier molecular flexibility index (Phi) is 14.4. The molecule has 0 aromatic carbocycles. The second kappa shape index (κ2) is 20.5. The Morgan fingerprint density at radius 1 is 0.623 bits per heavy atom. The van der Waals surface area contributed by atoms with Gasteiger partial charge in [-0.3, -0.25) is 0 Å². The lowest BCUT2D eigenvalue weighted by Gasteiger charge is -2.45. The Morgan fingerprint density at radius 2 is 1.06 bits per heavy atom. The fraction of sp³-hybridized carbons (Fsp3) is 0.569. The topological polar surface area (TPSA) is 216 Å². The molecule has 3 atom stereocenters. The molecule has 2 saturated carbocycles. The van der Waals surface area contributed by atoms with E-state index in [0.717, 1.165) is 121 Å². The van der Waals surface area contributed by atoms with Crippen LogP contribution in [0.25, 0.3) is 33.3 Å². The smallest absolute Gasteiger partial charge is 0.241 e. The largest absolute Gasteiger partial charge is 0.393 e. The Hall–Kier alpha value is -5.50. The van der Waals surface area contributed by atoms with Gasteiger partial charge in [-0.1, -0.05) is 0 Å². The average Bonchev–Trinajstić information content (AvgIpc) is 4.02. The van der Waals surface area contributed by atoms with Gasteiger partial charge in [0.25, 0.3) is 0 Å². The van der Waals surface area contributed by atoms with Crippen LogP contribution in [0.5, 0.6) is 0 Å². The number of pyridine rings is 2. The predicted molar refractivity (Wildman–Crippen MR) is 267 cm³/mol. The number of aromatic nitrogens is 8. The van der Waals surface area contributed by atoms with E-state index in [1.165, 1.54) is 0 Å². The molecule has 0 radical (unpaired) electrons. The highest BCUT2D eigenvalue weighted by atomic mass is 16.5. The number of methoxy groups -OCH3 is 2. The van der Waals surface area contributed by atoms with Crippen molar-refractivity contribution in [2.45, 2.75) is 133 Å². The lowest BCUT2D eigenvalue weighted by molar-refractivity contribution is 0.0305. The lowest BCUT2D eigenvalue weighted by Crippen LogP contribution is -2.60. The number of hydrogen-bond donors (Lipinski definition) is 6. The molecule has 69 heavy (non-hydrogen) atoms. The molecule has 2 aliphatic carbocycles. The fourth-order valence-electron chi connectivity index (χ4n) is 10.6.